The Labute approximate surface area is 102 Å². The van der Waals surface area contributed by atoms with Crippen molar-refractivity contribution < 1.29 is 0 Å². The Kier molecular flexibility index (Phi) is 3.43. The maximum atomic E-state index is 5.75. The van der Waals surface area contributed by atoms with Crippen molar-refractivity contribution in [3.05, 3.63) is 23.3 Å². The topological polar surface area (TPSA) is 67.6 Å². The van der Waals surface area contributed by atoms with E-state index < -0.39 is 0 Å². The fourth-order valence-electron chi connectivity index (χ4n) is 2.09. The predicted molar refractivity (Wildman–Crippen MR) is 69.9 cm³/mol. The first-order valence-corrected chi connectivity index (χ1v) is 6.24. The molecule has 2 rings (SSSR count). The molecule has 3 N–H and O–H groups in total. The maximum absolute atomic E-state index is 5.75. The number of nitrogens with one attached hydrogen (secondary N) is 1. The summed E-state index contributed by atoms with van der Waals surface area (Å²) in [5.74, 6) is 1.31. The molecule has 0 saturated heterocycles. The van der Waals surface area contributed by atoms with Gasteiger partial charge < -0.3 is 10.7 Å². The van der Waals surface area contributed by atoms with E-state index in [9.17, 15) is 0 Å². The molecule has 17 heavy (non-hydrogen) atoms. The predicted octanol–water partition coefficient (Wildman–Crippen LogP) is 2.49. The van der Waals surface area contributed by atoms with Crippen LogP contribution < -0.4 is 5.73 Å². The third kappa shape index (κ3) is 2.17. The highest BCUT2D eigenvalue weighted by atomic mass is 15.0. The average Bonchev–Trinajstić information content (AvgIpc) is 2.71. The van der Waals surface area contributed by atoms with E-state index >= 15 is 0 Å². The van der Waals surface area contributed by atoms with E-state index in [4.69, 9.17) is 5.73 Å². The minimum atomic E-state index is 0.386. The highest BCUT2D eigenvalue weighted by Gasteiger charge is 2.14. The molecule has 0 unspecified atom stereocenters. The first-order valence-electron chi connectivity index (χ1n) is 6.24. The van der Waals surface area contributed by atoms with E-state index in [1.807, 2.05) is 6.20 Å². The molecule has 2 heterocycles. The summed E-state index contributed by atoms with van der Waals surface area (Å²) in [6.07, 6.45) is 3.93. The second-order valence-corrected chi connectivity index (χ2v) is 4.67. The van der Waals surface area contributed by atoms with Crippen molar-refractivity contribution in [1.82, 2.24) is 15.0 Å². The number of fused-ring (bicyclic) bond motifs is 1. The Bertz CT molecular complexity index is 513. The zero-order valence-corrected chi connectivity index (χ0v) is 10.7. The van der Waals surface area contributed by atoms with Crippen LogP contribution in [-0.2, 0) is 13.0 Å². The fraction of sp³-hybridized carbons (Fsp3) is 0.538. The number of nitrogens with zero attached hydrogens (tertiary/aromatic N) is 2. The van der Waals surface area contributed by atoms with Gasteiger partial charge >= 0.3 is 0 Å². The molecule has 0 saturated carbocycles. The van der Waals surface area contributed by atoms with Gasteiger partial charge in [0.05, 0.1) is 5.69 Å². The van der Waals surface area contributed by atoms with Crippen molar-refractivity contribution in [2.45, 2.75) is 46.1 Å². The molecule has 0 radical (unpaired) electrons. The maximum Gasteiger partial charge on any atom is 0.141 e. The molecule has 0 aromatic carbocycles. The van der Waals surface area contributed by atoms with Gasteiger partial charge in [0.25, 0.3) is 0 Å². The summed E-state index contributed by atoms with van der Waals surface area (Å²) in [7, 11) is 0. The first kappa shape index (κ1) is 12.0. The van der Waals surface area contributed by atoms with Crippen LogP contribution in [0.2, 0.25) is 0 Å². The molecule has 2 aromatic heterocycles. The van der Waals surface area contributed by atoms with Crippen LogP contribution in [0.4, 0.5) is 0 Å². The van der Waals surface area contributed by atoms with E-state index in [1.165, 1.54) is 0 Å². The molecule has 0 spiro atoms. The second-order valence-electron chi connectivity index (χ2n) is 4.67. The van der Waals surface area contributed by atoms with Gasteiger partial charge in [-0.15, -0.1) is 0 Å². The first-order chi connectivity index (χ1) is 8.17. The highest BCUT2D eigenvalue weighted by Crippen LogP contribution is 2.25. The van der Waals surface area contributed by atoms with E-state index in [-0.39, 0.29) is 0 Å². The van der Waals surface area contributed by atoms with Crippen LogP contribution in [0, 0.1) is 0 Å². The van der Waals surface area contributed by atoms with Gasteiger partial charge in [0.2, 0.25) is 0 Å². The summed E-state index contributed by atoms with van der Waals surface area (Å²) in [6, 6.07) is 0. The summed E-state index contributed by atoms with van der Waals surface area (Å²) in [5, 5.41) is 1.11. The molecule has 0 atom stereocenters. The van der Waals surface area contributed by atoms with Gasteiger partial charge in [0.1, 0.15) is 11.5 Å². The minimum absolute atomic E-state index is 0.386. The Morgan fingerprint density at radius 2 is 2.12 bits per heavy atom. The van der Waals surface area contributed by atoms with Crippen molar-refractivity contribution in [2.24, 2.45) is 5.73 Å². The Morgan fingerprint density at radius 3 is 2.71 bits per heavy atom. The van der Waals surface area contributed by atoms with E-state index in [1.54, 1.807) is 0 Å². The molecule has 0 bridgehead atoms. The SMILES string of the molecule is CCCc1nc(C(C)C)c2c(CN)c[nH]c2n1. The molecule has 0 aliphatic heterocycles. The van der Waals surface area contributed by atoms with E-state index in [0.29, 0.717) is 12.5 Å². The van der Waals surface area contributed by atoms with Gasteiger partial charge in [0.15, 0.2) is 0 Å². The smallest absolute Gasteiger partial charge is 0.141 e. The number of H-pyrrole nitrogens is 1. The van der Waals surface area contributed by atoms with Gasteiger partial charge in [-0.05, 0) is 17.9 Å². The number of hydrogen-bond acceptors (Lipinski definition) is 3. The van der Waals surface area contributed by atoms with Crippen molar-refractivity contribution in [3.63, 3.8) is 0 Å². The summed E-state index contributed by atoms with van der Waals surface area (Å²) in [5.41, 5.74) is 8.89. The van der Waals surface area contributed by atoms with Crippen LogP contribution in [0.25, 0.3) is 11.0 Å². The van der Waals surface area contributed by atoms with Gasteiger partial charge in [-0.2, -0.15) is 0 Å². The van der Waals surface area contributed by atoms with Crippen LogP contribution >= 0.6 is 0 Å². The number of aromatic nitrogens is 3. The third-order valence-corrected chi connectivity index (χ3v) is 2.93. The van der Waals surface area contributed by atoms with Crippen molar-refractivity contribution >= 4 is 11.0 Å². The molecule has 0 aliphatic carbocycles. The summed E-state index contributed by atoms with van der Waals surface area (Å²) in [6.45, 7) is 6.98. The molecular weight excluding hydrogens is 212 g/mol. The van der Waals surface area contributed by atoms with Gasteiger partial charge in [-0.3, -0.25) is 0 Å². The number of aromatic amines is 1. The monoisotopic (exact) mass is 232 g/mol. The van der Waals surface area contributed by atoms with Crippen LogP contribution in [0.15, 0.2) is 6.20 Å². The molecule has 92 valence electrons. The van der Waals surface area contributed by atoms with Crippen LogP contribution in [0.3, 0.4) is 0 Å². The molecule has 4 nitrogen and oxygen atoms in total. The standard InChI is InChI=1S/C13H20N4/c1-4-5-10-16-12(8(2)3)11-9(6-14)7-15-13(11)17-10/h7-8H,4-6,14H2,1-3H3,(H,15,16,17). The van der Waals surface area contributed by atoms with E-state index in [2.05, 4.69) is 35.7 Å². The third-order valence-electron chi connectivity index (χ3n) is 2.93. The van der Waals surface area contributed by atoms with Crippen LogP contribution in [-0.4, -0.2) is 15.0 Å². The quantitative estimate of drug-likeness (QED) is 0.851. The minimum Gasteiger partial charge on any atom is -0.346 e. The highest BCUT2D eigenvalue weighted by molar-refractivity contribution is 5.82. The van der Waals surface area contributed by atoms with Crippen LogP contribution in [0.5, 0.6) is 0 Å². The van der Waals surface area contributed by atoms with Crippen molar-refractivity contribution in [1.29, 1.82) is 0 Å². The lowest BCUT2D eigenvalue weighted by atomic mass is 10.0. The number of hydrogen-bond donors (Lipinski definition) is 2. The molecule has 0 fully saturated rings. The summed E-state index contributed by atoms with van der Waals surface area (Å²) >= 11 is 0. The normalized spacial score (nSPS) is 11.6. The molecule has 0 aliphatic rings. The molecular formula is C13H20N4. The fourth-order valence-corrected chi connectivity index (χ4v) is 2.09. The zero-order valence-electron chi connectivity index (χ0n) is 10.7. The largest absolute Gasteiger partial charge is 0.346 e. The van der Waals surface area contributed by atoms with Gasteiger partial charge in [-0.25, -0.2) is 9.97 Å². The van der Waals surface area contributed by atoms with Gasteiger partial charge in [0, 0.05) is 24.5 Å². The Morgan fingerprint density at radius 1 is 1.35 bits per heavy atom. The molecule has 2 aromatic rings. The lowest BCUT2D eigenvalue weighted by molar-refractivity contribution is 0.777. The molecule has 4 heteroatoms. The zero-order chi connectivity index (χ0) is 12.4. The number of rotatable bonds is 4. The Balaban J connectivity index is 2.65. The number of aryl methyl sites for hydroxylation is 1. The molecule has 0 amide bonds. The lowest BCUT2D eigenvalue weighted by Gasteiger charge is -2.09. The van der Waals surface area contributed by atoms with Crippen molar-refractivity contribution in [3.8, 4) is 0 Å². The average molecular weight is 232 g/mol. The van der Waals surface area contributed by atoms with Crippen LogP contribution in [0.1, 0.15) is 50.2 Å². The Hall–Kier alpha value is -1.42. The number of nitrogens with two attached hydrogens (primary N) is 1. The lowest BCUT2D eigenvalue weighted by Crippen LogP contribution is -2.04. The summed E-state index contributed by atoms with van der Waals surface area (Å²) in [4.78, 5) is 12.4. The van der Waals surface area contributed by atoms with Gasteiger partial charge in [-0.1, -0.05) is 20.8 Å². The summed E-state index contributed by atoms with van der Waals surface area (Å²) < 4.78 is 0. The van der Waals surface area contributed by atoms with Crippen molar-refractivity contribution in [2.75, 3.05) is 0 Å². The van der Waals surface area contributed by atoms with E-state index in [0.717, 1.165) is 41.0 Å². The second kappa shape index (κ2) is 4.84.